The fourth-order valence-corrected chi connectivity index (χ4v) is 1.39. The van der Waals surface area contributed by atoms with Crippen molar-refractivity contribution in [3.05, 3.63) is 35.9 Å². The summed E-state index contributed by atoms with van der Waals surface area (Å²) in [5.41, 5.74) is 7.56. The molecule has 0 radical (unpaired) electrons. The van der Waals surface area contributed by atoms with E-state index in [1.807, 2.05) is 30.3 Å². The number of nitrogens with zero attached hydrogens (tertiary/aromatic N) is 1. The molecule has 0 bridgehead atoms. The van der Waals surface area contributed by atoms with Gasteiger partial charge in [0, 0.05) is 13.0 Å². The van der Waals surface area contributed by atoms with Crippen LogP contribution < -0.4 is 5.73 Å². The van der Waals surface area contributed by atoms with Gasteiger partial charge in [-0.3, -0.25) is 0 Å². The van der Waals surface area contributed by atoms with Crippen molar-refractivity contribution in [1.82, 2.24) is 0 Å². The third kappa shape index (κ3) is 1.70. The van der Waals surface area contributed by atoms with Gasteiger partial charge in [0.2, 0.25) is 0 Å². The van der Waals surface area contributed by atoms with Crippen LogP contribution in [0.4, 0.5) is 0 Å². The zero-order valence-corrected chi connectivity index (χ0v) is 7.31. The van der Waals surface area contributed by atoms with Gasteiger partial charge in [0.1, 0.15) is 0 Å². The number of hydrogen-bond donors (Lipinski definition) is 1. The molecule has 68 valence electrons. The highest BCUT2D eigenvalue weighted by Gasteiger charge is 2.20. The minimum atomic E-state index is 0.0692. The Morgan fingerprint density at radius 2 is 2.15 bits per heavy atom. The zero-order chi connectivity index (χ0) is 9.10. The molecular weight excluding hydrogens is 164 g/mol. The van der Waals surface area contributed by atoms with Gasteiger partial charge in [-0.15, -0.1) is 0 Å². The molecule has 13 heavy (non-hydrogen) atoms. The topological polar surface area (TPSA) is 47.6 Å². The second kappa shape index (κ2) is 3.58. The lowest BCUT2D eigenvalue weighted by Gasteiger charge is -2.06. The summed E-state index contributed by atoms with van der Waals surface area (Å²) in [7, 11) is 0. The fourth-order valence-electron chi connectivity index (χ4n) is 1.39. The summed E-state index contributed by atoms with van der Waals surface area (Å²) in [5, 5.41) is 3.90. The van der Waals surface area contributed by atoms with Crippen LogP contribution in [0.2, 0.25) is 0 Å². The van der Waals surface area contributed by atoms with Gasteiger partial charge in [-0.05, 0) is 5.56 Å². The summed E-state index contributed by atoms with van der Waals surface area (Å²) in [5.74, 6) is 0. The van der Waals surface area contributed by atoms with Crippen LogP contribution >= 0.6 is 0 Å². The van der Waals surface area contributed by atoms with Crippen LogP contribution in [0.3, 0.4) is 0 Å². The molecule has 2 N–H and O–H groups in total. The van der Waals surface area contributed by atoms with E-state index in [4.69, 9.17) is 10.6 Å². The lowest BCUT2D eigenvalue weighted by molar-refractivity contribution is 0.0857. The summed E-state index contributed by atoms with van der Waals surface area (Å²) in [6.45, 7) is 0.489. The van der Waals surface area contributed by atoms with Gasteiger partial charge < -0.3 is 10.6 Å². The monoisotopic (exact) mass is 176 g/mol. The standard InChI is InChI=1S/C10H12N2O/c11-7-9-6-10(13-12-9)8-4-2-1-3-5-8/h1-5,10H,6-7,11H2/t10-/m0/s1. The van der Waals surface area contributed by atoms with Crippen molar-refractivity contribution in [3.8, 4) is 0 Å². The van der Waals surface area contributed by atoms with E-state index >= 15 is 0 Å². The first kappa shape index (κ1) is 8.26. The molecule has 0 amide bonds. The number of rotatable bonds is 2. The first-order chi connectivity index (χ1) is 6.40. The molecule has 0 spiro atoms. The lowest BCUT2D eigenvalue weighted by Crippen LogP contribution is -2.12. The van der Waals surface area contributed by atoms with Crippen molar-refractivity contribution in [3.63, 3.8) is 0 Å². The summed E-state index contributed by atoms with van der Waals surface area (Å²) >= 11 is 0. The minimum absolute atomic E-state index is 0.0692. The Balaban J connectivity index is 2.07. The Labute approximate surface area is 77.2 Å². The number of hydrogen-bond acceptors (Lipinski definition) is 3. The SMILES string of the molecule is NCC1=NO[C@H](c2ccccc2)C1. The van der Waals surface area contributed by atoms with Gasteiger partial charge in [0.15, 0.2) is 6.10 Å². The van der Waals surface area contributed by atoms with Gasteiger partial charge in [-0.25, -0.2) is 0 Å². The van der Waals surface area contributed by atoms with Crippen LogP contribution in [0.5, 0.6) is 0 Å². The van der Waals surface area contributed by atoms with E-state index in [-0.39, 0.29) is 6.10 Å². The van der Waals surface area contributed by atoms with E-state index in [0.717, 1.165) is 17.7 Å². The molecule has 1 aromatic rings. The molecule has 0 aliphatic carbocycles. The average molecular weight is 176 g/mol. The largest absolute Gasteiger partial charge is 0.387 e. The van der Waals surface area contributed by atoms with Crippen molar-refractivity contribution in [1.29, 1.82) is 0 Å². The maximum Gasteiger partial charge on any atom is 0.157 e. The molecule has 1 aliphatic heterocycles. The molecule has 1 aromatic carbocycles. The molecule has 0 saturated carbocycles. The van der Waals surface area contributed by atoms with Gasteiger partial charge in [0.25, 0.3) is 0 Å². The highest BCUT2D eigenvalue weighted by atomic mass is 16.6. The molecule has 1 atom stereocenters. The van der Waals surface area contributed by atoms with Gasteiger partial charge in [0.05, 0.1) is 5.71 Å². The fraction of sp³-hybridized carbons (Fsp3) is 0.300. The summed E-state index contributed by atoms with van der Waals surface area (Å²) in [6.07, 6.45) is 0.889. The predicted molar refractivity (Wildman–Crippen MR) is 51.4 cm³/mol. The number of oxime groups is 1. The number of benzene rings is 1. The molecule has 0 unspecified atom stereocenters. The maximum absolute atomic E-state index is 5.46. The minimum Gasteiger partial charge on any atom is -0.387 e. The first-order valence-corrected chi connectivity index (χ1v) is 4.36. The van der Waals surface area contributed by atoms with Crippen LogP contribution in [-0.4, -0.2) is 12.3 Å². The first-order valence-electron chi connectivity index (χ1n) is 4.36. The van der Waals surface area contributed by atoms with Crippen LogP contribution in [0.25, 0.3) is 0 Å². The van der Waals surface area contributed by atoms with E-state index < -0.39 is 0 Å². The average Bonchev–Trinajstić information content (AvgIpc) is 2.67. The number of nitrogens with two attached hydrogens (primary N) is 1. The molecule has 1 heterocycles. The van der Waals surface area contributed by atoms with Gasteiger partial charge >= 0.3 is 0 Å². The molecule has 1 aliphatic rings. The third-order valence-corrected chi connectivity index (χ3v) is 2.14. The van der Waals surface area contributed by atoms with Crippen LogP contribution in [0.1, 0.15) is 18.1 Å². The highest BCUT2D eigenvalue weighted by Crippen LogP contribution is 2.26. The van der Waals surface area contributed by atoms with Crippen molar-refractivity contribution in [2.45, 2.75) is 12.5 Å². The van der Waals surface area contributed by atoms with Crippen molar-refractivity contribution < 1.29 is 4.84 Å². The molecular formula is C10H12N2O. The zero-order valence-electron chi connectivity index (χ0n) is 7.31. The molecule has 3 heteroatoms. The smallest absolute Gasteiger partial charge is 0.157 e. The Bertz CT molecular complexity index is 308. The van der Waals surface area contributed by atoms with E-state index in [0.29, 0.717) is 6.54 Å². The van der Waals surface area contributed by atoms with Crippen LogP contribution in [-0.2, 0) is 4.84 Å². The maximum atomic E-state index is 5.46. The third-order valence-electron chi connectivity index (χ3n) is 2.14. The van der Waals surface area contributed by atoms with Gasteiger partial charge in [-0.2, -0.15) is 0 Å². The molecule has 0 fully saturated rings. The quantitative estimate of drug-likeness (QED) is 0.741. The van der Waals surface area contributed by atoms with Crippen LogP contribution in [0.15, 0.2) is 35.5 Å². The Kier molecular flexibility index (Phi) is 2.27. The molecule has 2 rings (SSSR count). The Morgan fingerprint density at radius 3 is 2.77 bits per heavy atom. The summed E-state index contributed by atoms with van der Waals surface area (Å²) in [4.78, 5) is 5.25. The molecule has 3 nitrogen and oxygen atoms in total. The van der Waals surface area contributed by atoms with Crippen molar-refractivity contribution in [2.24, 2.45) is 10.9 Å². The van der Waals surface area contributed by atoms with Gasteiger partial charge in [-0.1, -0.05) is 35.5 Å². The van der Waals surface area contributed by atoms with E-state index in [1.165, 1.54) is 0 Å². The van der Waals surface area contributed by atoms with Crippen molar-refractivity contribution >= 4 is 5.71 Å². The van der Waals surface area contributed by atoms with Crippen LogP contribution in [0, 0.1) is 0 Å². The normalized spacial score (nSPS) is 21.0. The second-order valence-electron chi connectivity index (χ2n) is 3.07. The Hall–Kier alpha value is -1.35. The molecule has 0 aromatic heterocycles. The van der Waals surface area contributed by atoms with E-state index in [1.54, 1.807) is 0 Å². The van der Waals surface area contributed by atoms with Crippen molar-refractivity contribution in [2.75, 3.05) is 6.54 Å². The summed E-state index contributed by atoms with van der Waals surface area (Å²) in [6, 6.07) is 10.1. The Morgan fingerprint density at radius 1 is 1.38 bits per heavy atom. The predicted octanol–water partition coefficient (Wildman–Crippen LogP) is 1.46. The molecule has 0 saturated heterocycles. The highest BCUT2D eigenvalue weighted by molar-refractivity contribution is 5.87. The lowest BCUT2D eigenvalue weighted by atomic mass is 10.1. The van der Waals surface area contributed by atoms with E-state index in [2.05, 4.69) is 5.16 Å². The van der Waals surface area contributed by atoms with E-state index in [9.17, 15) is 0 Å². The summed E-state index contributed by atoms with van der Waals surface area (Å²) < 4.78 is 0. The second-order valence-corrected chi connectivity index (χ2v) is 3.07.